The first-order chi connectivity index (χ1) is 12.6. The van der Waals surface area contributed by atoms with E-state index in [2.05, 4.69) is 0 Å². The topological polar surface area (TPSA) is 161 Å². The van der Waals surface area contributed by atoms with Gasteiger partial charge in [-0.15, -0.1) is 0 Å². The fourth-order valence-corrected chi connectivity index (χ4v) is 2.72. The molecule has 0 spiro atoms. The number of rotatable bonds is 7. The van der Waals surface area contributed by atoms with Gasteiger partial charge in [0.2, 0.25) is 0 Å². The van der Waals surface area contributed by atoms with Gasteiger partial charge in [-0.1, -0.05) is 0 Å². The molecule has 1 aliphatic rings. The van der Waals surface area contributed by atoms with Crippen LogP contribution in [0.25, 0.3) is 0 Å². The van der Waals surface area contributed by atoms with Gasteiger partial charge in [0.05, 0.1) is 0 Å². The summed E-state index contributed by atoms with van der Waals surface area (Å²) in [6.45, 7) is 3.99. The van der Waals surface area contributed by atoms with Gasteiger partial charge >= 0.3 is 23.9 Å². The van der Waals surface area contributed by atoms with Crippen LogP contribution in [0.4, 0.5) is 0 Å². The number of carbonyl (C=O) groups is 4. The van der Waals surface area contributed by atoms with Crippen LogP contribution in [0.3, 0.4) is 0 Å². The van der Waals surface area contributed by atoms with Crippen LogP contribution in [0.2, 0.25) is 0 Å². The van der Waals surface area contributed by atoms with E-state index in [-0.39, 0.29) is 13.2 Å². The van der Waals surface area contributed by atoms with Crippen molar-refractivity contribution < 1.29 is 48.0 Å². The predicted molar refractivity (Wildman–Crippen MR) is 87.0 cm³/mol. The molecule has 0 bridgehead atoms. The van der Waals surface area contributed by atoms with Crippen molar-refractivity contribution in [3.05, 3.63) is 0 Å². The summed E-state index contributed by atoms with van der Waals surface area (Å²) in [5.74, 6) is -2.76. The molecule has 0 amide bonds. The Kier molecular flexibility index (Phi) is 8.60. The fraction of sp³-hybridized carbons (Fsp3) is 0.750. The molecule has 3 N–H and O–H groups in total. The molecule has 11 heteroatoms. The number of carbonyl (C=O) groups excluding carboxylic acids is 4. The zero-order valence-corrected chi connectivity index (χ0v) is 15.6. The molecule has 11 nitrogen and oxygen atoms in total. The number of nitrogens with two attached hydrogens (primary N) is 1. The molecule has 1 heterocycles. The Morgan fingerprint density at radius 3 is 1.96 bits per heavy atom. The summed E-state index contributed by atoms with van der Waals surface area (Å²) in [5.41, 5.74) is 5.60. The Bertz CT molecular complexity index is 565. The van der Waals surface area contributed by atoms with Crippen LogP contribution in [0.1, 0.15) is 27.7 Å². The highest BCUT2D eigenvalue weighted by molar-refractivity contribution is 5.68. The van der Waals surface area contributed by atoms with Crippen LogP contribution in [-0.4, -0.2) is 78.8 Å². The van der Waals surface area contributed by atoms with Crippen LogP contribution in [0.5, 0.6) is 0 Å². The number of aliphatic hydroxyl groups excluding tert-OH is 1. The van der Waals surface area contributed by atoms with Crippen LogP contribution in [-0.2, 0) is 42.9 Å². The lowest BCUT2D eigenvalue weighted by atomic mass is 9.91. The molecule has 1 rings (SSSR count). The third kappa shape index (κ3) is 6.77. The smallest absolute Gasteiger partial charge is 0.303 e. The quantitative estimate of drug-likeness (QED) is 0.381. The average Bonchev–Trinajstić information content (AvgIpc) is 2.54. The second kappa shape index (κ2) is 10.2. The molecule has 154 valence electrons. The zero-order chi connectivity index (χ0) is 20.7. The molecule has 0 aromatic heterocycles. The first-order valence-electron chi connectivity index (χ1n) is 8.25. The lowest BCUT2D eigenvalue weighted by Gasteiger charge is -2.44. The van der Waals surface area contributed by atoms with Gasteiger partial charge in [0.15, 0.2) is 12.2 Å². The van der Waals surface area contributed by atoms with Gasteiger partial charge in [0.1, 0.15) is 31.0 Å². The van der Waals surface area contributed by atoms with Crippen molar-refractivity contribution in [2.24, 2.45) is 5.73 Å². The Morgan fingerprint density at radius 1 is 0.963 bits per heavy atom. The largest absolute Gasteiger partial charge is 0.463 e. The van der Waals surface area contributed by atoms with Crippen molar-refractivity contribution in [2.45, 2.75) is 64.3 Å². The van der Waals surface area contributed by atoms with Crippen LogP contribution in [0.15, 0.2) is 0 Å². The Labute approximate surface area is 156 Å². The number of esters is 4. The molecule has 0 aliphatic carbocycles. The van der Waals surface area contributed by atoms with Gasteiger partial charge in [0.25, 0.3) is 0 Å². The number of ether oxygens (including phenoxy) is 5. The molecule has 0 aromatic rings. The highest BCUT2D eigenvalue weighted by atomic mass is 16.6. The third-order valence-corrected chi connectivity index (χ3v) is 3.67. The van der Waals surface area contributed by atoms with Crippen LogP contribution in [0, 0.1) is 0 Å². The summed E-state index contributed by atoms with van der Waals surface area (Å²) in [7, 11) is 0. The fourth-order valence-electron chi connectivity index (χ4n) is 2.72. The normalized spacial score (nSPS) is 28.6. The molecule has 1 fully saturated rings. The zero-order valence-electron chi connectivity index (χ0n) is 15.6. The summed E-state index contributed by atoms with van der Waals surface area (Å²) < 4.78 is 25.9. The summed E-state index contributed by atoms with van der Waals surface area (Å²) >= 11 is 0. The van der Waals surface area contributed by atoms with E-state index in [1.165, 1.54) is 6.92 Å². The second-order valence-electron chi connectivity index (χ2n) is 5.96. The van der Waals surface area contributed by atoms with Gasteiger partial charge in [-0.05, 0) is 0 Å². The summed E-state index contributed by atoms with van der Waals surface area (Å²) in [5, 5.41) is 10.6. The van der Waals surface area contributed by atoms with E-state index in [1.54, 1.807) is 0 Å². The Morgan fingerprint density at radius 2 is 1.52 bits per heavy atom. The van der Waals surface area contributed by atoms with Crippen molar-refractivity contribution in [1.82, 2.24) is 0 Å². The van der Waals surface area contributed by atoms with Crippen LogP contribution >= 0.6 is 0 Å². The second-order valence-corrected chi connectivity index (χ2v) is 5.96. The summed E-state index contributed by atoms with van der Waals surface area (Å²) in [4.78, 5) is 45.4. The standard InChI is InChI=1S/C16H25NO10/c1-7(18)23-6-12-15(25-9(3)20)16(26-10(4)21)13(22)14(27-12)11(5-17)24-8(2)19/h11-16,22H,5-6,17H2,1-4H3/t11?,12-,13+,14?,15+,16-/m1/s1. The van der Waals surface area contributed by atoms with Gasteiger partial charge in [0, 0.05) is 34.2 Å². The van der Waals surface area contributed by atoms with E-state index in [4.69, 9.17) is 29.4 Å². The predicted octanol–water partition coefficient (Wildman–Crippen LogP) is -1.57. The van der Waals surface area contributed by atoms with E-state index >= 15 is 0 Å². The lowest BCUT2D eigenvalue weighted by molar-refractivity contribution is -0.262. The maximum absolute atomic E-state index is 11.5. The maximum Gasteiger partial charge on any atom is 0.303 e. The van der Waals surface area contributed by atoms with Gasteiger partial charge < -0.3 is 34.5 Å². The van der Waals surface area contributed by atoms with Crippen molar-refractivity contribution in [3.8, 4) is 0 Å². The van der Waals surface area contributed by atoms with Gasteiger partial charge in [-0.3, -0.25) is 19.2 Å². The molecule has 1 aliphatic heterocycles. The summed E-state index contributed by atoms with van der Waals surface area (Å²) in [6, 6.07) is 0. The van der Waals surface area contributed by atoms with E-state index in [0.717, 1.165) is 20.8 Å². The highest BCUT2D eigenvalue weighted by Gasteiger charge is 2.52. The minimum Gasteiger partial charge on any atom is -0.463 e. The molecule has 27 heavy (non-hydrogen) atoms. The number of hydrogen-bond acceptors (Lipinski definition) is 11. The van der Waals surface area contributed by atoms with E-state index in [9.17, 15) is 24.3 Å². The number of aliphatic hydroxyl groups is 1. The van der Waals surface area contributed by atoms with Crippen molar-refractivity contribution in [2.75, 3.05) is 13.2 Å². The highest BCUT2D eigenvalue weighted by Crippen LogP contribution is 2.29. The Hall–Kier alpha value is -2.24. The van der Waals surface area contributed by atoms with E-state index < -0.39 is 60.5 Å². The SMILES string of the molecule is CC(=O)OC[C@H]1OC(C(CN)OC(C)=O)[C@H](O)[C@@H](OC(C)=O)[C@H]1OC(C)=O. The van der Waals surface area contributed by atoms with Gasteiger partial charge in [-0.25, -0.2) is 0 Å². The molecular formula is C16H25NO10. The monoisotopic (exact) mass is 391 g/mol. The molecule has 0 radical (unpaired) electrons. The molecule has 1 saturated heterocycles. The molecule has 2 unspecified atom stereocenters. The van der Waals surface area contributed by atoms with Crippen molar-refractivity contribution in [3.63, 3.8) is 0 Å². The first kappa shape index (κ1) is 22.8. The Balaban J connectivity index is 3.21. The summed E-state index contributed by atoms with van der Waals surface area (Å²) in [6.07, 6.45) is -7.52. The van der Waals surface area contributed by atoms with Gasteiger partial charge in [-0.2, -0.15) is 0 Å². The maximum atomic E-state index is 11.5. The first-order valence-corrected chi connectivity index (χ1v) is 8.25. The minimum absolute atomic E-state index is 0.202. The number of hydrogen-bond donors (Lipinski definition) is 2. The lowest BCUT2D eigenvalue weighted by Crippen LogP contribution is -2.65. The molecule has 0 saturated carbocycles. The van der Waals surface area contributed by atoms with E-state index in [1.807, 2.05) is 0 Å². The van der Waals surface area contributed by atoms with Crippen LogP contribution < -0.4 is 5.73 Å². The van der Waals surface area contributed by atoms with Crippen molar-refractivity contribution in [1.29, 1.82) is 0 Å². The third-order valence-electron chi connectivity index (χ3n) is 3.67. The molecular weight excluding hydrogens is 366 g/mol. The van der Waals surface area contributed by atoms with Crippen molar-refractivity contribution >= 4 is 23.9 Å². The molecule has 0 aromatic carbocycles. The average molecular weight is 391 g/mol. The molecule has 6 atom stereocenters. The minimum atomic E-state index is -1.53. The van der Waals surface area contributed by atoms with E-state index in [0.29, 0.717) is 0 Å².